The van der Waals surface area contributed by atoms with Crippen LogP contribution in [-0.4, -0.2) is 11.7 Å². The van der Waals surface area contributed by atoms with Crippen LogP contribution < -0.4 is 0 Å². The summed E-state index contributed by atoms with van der Waals surface area (Å²) in [7, 11) is 0. The second kappa shape index (κ2) is 3.63. The molecule has 1 heteroatoms. The number of aliphatic hydroxyl groups excluding tert-OH is 1. The Labute approximate surface area is 68.4 Å². The minimum absolute atomic E-state index is 0.258. The molecule has 0 aromatic carbocycles. The molecule has 1 nitrogen and oxygen atoms in total. The molecular formula is C10H15O+. The SMILES string of the molecule is CC[C+]1C=CC(CCO)=C1C. The first kappa shape index (κ1) is 8.41. The van der Waals surface area contributed by atoms with E-state index in [1.807, 2.05) is 0 Å². The van der Waals surface area contributed by atoms with Crippen LogP contribution in [0.3, 0.4) is 0 Å². The number of hydrogen-bond acceptors (Lipinski definition) is 1. The van der Waals surface area contributed by atoms with Crippen LogP contribution in [0.2, 0.25) is 0 Å². The topological polar surface area (TPSA) is 20.2 Å². The van der Waals surface area contributed by atoms with Crippen molar-refractivity contribution in [3.63, 3.8) is 0 Å². The standard InChI is InChI=1S/C10H15O/c1-3-9-4-5-10(6-7-11)8(9)2/h4-5,11H,3,6-7H2,1-2H3/q+1. The van der Waals surface area contributed by atoms with E-state index in [1.165, 1.54) is 17.1 Å². The maximum Gasteiger partial charge on any atom is 0.0986 e. The summed E-state index contributed by atoms with van der Waals surface area (Å²) in [5.74, 6) is 1.41. The van der Waals surface area contributed by atoms with Gasteiger partial charge in [0.25, 0.3) is 0 Å². The molecule has 0 aromatic rings. The molecule has 1 aliphatic rings. The molecule has 11 heavy (non-hydrogen) atoms. The molecule has 0 radical (unpaired) electrons. The first-order valence-electron chi connectivity index (χ1n) is 4.14. The van der Waals surface area contributed by atoms with E-state index in [9.17, 15) is 0 Å². The molecule has 0 unspecified atom stereocenters. The lowest BCUT2D eigenvalue weighted by molar-refractivity contribution is 0.300. The lowest BCUT2D eigenvalue weighted by atomic mass is 9.99. The molecule has 0 amide bonds. The van der Waals surface area contributed by atoms with E-state index < -0.39 is 0 Å². The van der Waals surface area contributed by atoms with Gasteiger partial charge in [0.05, 0.1) is 42.2 Å². The molecule has 0 bridgehead atoms. The van der Waals surface area contributed by atoms with Crippen molar-refractivity contribution >= 4 is 0 Å². The Hall–Kier alpha value is -0.690. The molecule has 1 aliphatic carbocycles. The fourth-order valence-electron chi connectivity index (χ4n) is 1.43. The molecule has 1 N–H and O–H groups in total. The van der Waals surface area contributed by atoms with E-state index in [-0.39, 0.29) is 6.61 Å². The summed E-state index contributed by atoms with van der Waals surface area (Å²) in [5, 5.41) is 8.73. The lowest BCUT2D eigenvalue weighted by Crippen LogP contribution is -1.92. The maximum atomic E-state index is 8.73. The number of hydrogen-bond donors (Lipinski definition) is 1. The Kier molecular flexibility index (Phi) is 2.77. The molecule has 0 atom stereocenters. The predicted octanol–water partition coefficient (Wildman–Crippen LogP) is 2.24. The van der Waals surface area contributed by atoms with Crippen LogP contribution in [0.1, 0.15) is 26.7 Å². The average molecular weight is 151 g/mol. The quantitative estimate of drug-likeness (QED) is 0.613. The van der Waals surface area contributed by atoms with Gasteiger partial charge < -0.3 is 5.11 Å². The lowest BCUT2D eigenvalue weighted by Gasteiger charge is -1.98. The van der Waals surface area contributed by atoms with Crippen molar-refractivity contribution in [3.8, 4) is 0 Å². The zero-order valence-electron chi connectivity index (χ0n) is 7.22. The highest BCUT2D eigenvalue weighted by molar-refractivity contribution is 5.47. The Balaban J connectivity index is 2.64. The number of allylic oxidation sites excluding steroid dienone is 3. The monoisotopic (exact) mass is 151 g/mol. The molecule has 0 saturated heterocycles. The number of aliphatic hydroxyl groups is 1. The van der Waals surface area contributed by atoms with E-state index in [4.69, 9.17) is 5.11 Å². The summed E-state index contributed by atoms with van der Waals surface area (Å²) in [5.41, 5.74) is 2.66. The molecule has 0 heterocycles. The van der Waals surface area contributed by atoms with Gasteiger partial charge in [-0.2, -0.15) is 0 Å². The zero-order valence-corrected chi connectivity index (χ0v) is 7.22. The third-order valence-electron chi connectivity index (χ3n) is 2.21. The van der Waals surface area contributed by atoms with Gasteiger partial charge in [0, 0.05) is 6.42 Å². The van der Waals surface area contributed by atoms with Gasteiger partial charge in [-0.05, 0) is 13.8 Å². The number of rotatable bonds is 3. The molecule has 0 fully saturated rings. The highest BCUT2D eigenvalue weighted by atomic mass is 16.2. The van der Waals surface area contributed by atoms with Crippen molar-refractivity contribution < 1.29 is 5.11 Å². The molecule has 0 saturated carbocycles. The van der Waals surface area contributed by atoms with Crippen molar-refractivity contribution in [2.75, 3.05) is 6.61 Å². The van der Waals surface area contributed by atoms with Gasteiger partial charge in [-0.15, -0.1) is 0 Å². The van der Waals surface area contributed by atoms with Gasteiger partial charge in [0.2, 0.25) is 0 Å². The van der Waals surface area contributed by atoms with Crippen LogP contribution in [-0.2, 0) is 0 Å². The Bertz CT molecular complexity index is 189. The smallest absolute Gasteiger partial charge is 0.0986 e. The van der Waals surface area contributed by atoms with Crippen molar-refractivity contribution in [3.05, 3.63) is 29.2 Å². The maximum absolute atomic E-state index is 8.73. The van der Waals surface area contributed by atoms with E-state index in [0.29, 0.717) is 0 Å². The van der Waals surface area contributed by atoms with Crippen molar-refractivity contribution in [2.24, 2.45) is 0 Å². The average Bonchev–Trinajstić information content (AvgIpc) is 2.34. The molecule has 0 aromatic heterocycles. The third-order valence-corrected chi connectivity index (χ3v) is 2.21. The van der Waals surface area contributed by atoms with Gasteiger partial charge in [0.1, 0.15) is 0 Å². The summed E-state index contributed by atoms with van der Waals surface area (Å²) in [6.07, 6.45) is 6.16. The molecule has 60 valence electrons. The summed E-state index contributed by atoms with van der Waals surface area (Å²) >= 11 is 0. The fourth-order valence-corrected chi connectivity index (χ4v) is 1.43. The molecule has 1 rings (SSSR count). The minimum Gasteiger partial charge on any atom is -0.395 e. The molecular weight excluding hydrogens is 136 g/mol. The normalized spacial score (nSPS) is 16.8. The van der Waals surface area contributed by atoms with Gasteiger partial charge in [-0.3, -0.25) is 0 Å². The fraction of sp³-hybridized carbons (Fsp3) is 0.500. The van der Waals surface area contributed by atoms with E-state index >= 15 is 0 Å². The largest absolute Gasteiger partial charge is 0.395 e. The van der Waals surface area contributed by atoms with E-state index in [0.717, 1.165) is 12.8 Å². The van der Waals surface area contributed by atoms with Crippen LogP contribution in [0.25, 0.3) is 0 Å². The second-order valence-electron chi connectivity index (χ2n) is 2.84. The predicted molar refractivity (Wildman–Crippen MR) is 47.1 cm³/mol. The van der Waals surface area contributed by atoms with Crippen LogP contribution >= 0.6 is 0 Å². The van der Waals surface area contributed by atoms with Crippen molar-refractivity contribution in [2.45, 2.75) is 26.7 Å². The summed E-state index contributed by atoms with van der Waals surface area (Å²) in [4.78, 5) is 0. The van der Waals surface area contributed by atoms with Crippen LogP contribution in [0, 0.1) is 5.92 Å². The zero-order chi connectivity index (χ0) is 8.27. The third kappa shape index (κ3) is 1.66. The van der Waals surface area contributed by atoms with Gasteiger partial charge in [-0.1, -0.05) is 0 Å². The Morgan fingerprint density at radius 2 is 2.27 bits per heavy atom. The second-order valence-corrected chi connectivity index (χ2v) is 2.84. The van der Waals surface area contributed by atoms with Crippen LogP contribution in [0.4, 0.5) is 0 Å². The van der Waals surface area contributed by atoms with Gasteiger partial charge in [0.15, 0.2) is 0 Å². The van der Waals surface area contributed by atoms with Gasteiger partial charge in [-0.25, -0.2) is 0 Å². The Morgan fingerprint density at radius 3 is 2.73 bits per heavy atom. The summed E-state index contributed by atoms with van der Waals surface area (Å²) < 4.78 is 0. The molecule has 0 aliphatic heterocycles. The van der Waals surface area contributed by atoms with Crippen molar-refractivity contribution in [1.29, 1.82) is 0 Å². The first-order chi connectivity index (χ1) is 5.29. The van der Waals surface area contributed by atoms with Crippen LogP contribution in [0.15, 0.2) is 23.3 Å². The van der Waals surface area contributed by atoms with Gasteiger partial charge >= 0.3 is 0 Å². The Morgan fingerprint density at radius 1 is 1.55 bits per heavy atom. The molecule has 0 spiro atoms. The summed E-state index contributed by atoms with van der Waals surface area (Å²) in [6, 6.07) is 0. The highest BCUT2D eigenvalue weighted by Gasteiger charge is 2.23. The summed E-state index contributed by atoms with van der Waals surface area (Å²) in [6.45, 7) is 4.54. The van der Waals surface area contributed by atoms with E-state index in [2.05, 4.69) is 26.0 Å². The highest BCUT2D eigenvalue weighted by Crippen LogP contribution is 2.30. The minimum atomic E-state index is 0.258. The van der Waals surface area contributed by atoms with Crippen LogP contribution in [0.5, 0.6) is 0 Å². The van der Waals surface area contributed by atoms with E-state index in [1.54, 1.807) is 0 Å². The van der Waals surface area contributed by atoms with Crippen molar-refractivity contribution in [1.82, 2.24) is 0 Å². The first-order valence-corrected chi connectivity index (χ1v) is 4.14.